The molecule has 0 saturated carbocycles. The Kier molecular flexibility index (Phi) is 2.79. The molecular weight excluding hydrogens is 232 g/mol. The number of hydrogen-bond donors (Lipinski definition) is 1. The molecule has 1 atom stereocenters. The van der Waals surface area contributed by atoms with Gasteiger partial charge in [0.2, 0.25) is 0 Å². The summed E-state index contributed by atoms with van der Waals surface area (Å²) in [6.45, 7) is 0.628. The third-order valence-corrected chi connectivity index (χ3v) is 4.01. The molecule has 3 heteroatoms. The van der Waals surface area contributed by atoms with Crippen LogP contribution in [0.3, 0.4) is 0 Å². The van der Waals surface area contributed by atoms with Crippen LogP contribution in [0.15, 0.2) is 53.4 Å². The summed E-state index contributed by atoms with van der Waals surface area (Å²) >= 11 is 1.69. The zero-order chi connectivity index (χ0) is 11.7. The van der Waals surface area contributed by atoms with Crippen LogP contribution >= 0.6 is 11.8 Å². The topological polar surface area (TPSA) is 29.5 Å². The second kappa shape index (κ2) is 4.43. The van der Waals surface area contributed by atoms with Gasteiger partial charge in [0, 0.05) is 4.90 Å². The summed E-state index contributed by atoms with van der Waals surface area (Å²) in [5, 5.41) is 9.47. The summed E-state index contributed by atoms with van der Waals surface area (Å²) in [5.74, 6) is 0.283. The molecule has 0 fully saturated rings. The summed E-state index contributed by atoms with van der Waals surface area (Å²) in [6, 6.07) is 15.5. The molecule has 0 amide bonds. The molecule has 1 aliphatic heterocycles. The Morgan fingerprint density at radius 3 is 2.88 bits per heavy atom. The Labute approximate surface area is 104 Å². The molecule has 3 rings (SSSR count). The summed E-state index contributed by atoms with van der Waals surface area (Å²) in [7, 11) is 0. The molecular formula is C14H12O2S. The van der Waals surface area contributed by atoms with Crippen molar-refractivity contribution in [2.45, 2.75) is 16.9 Å². The lowest BCUT2D eigenvalue weighted by Gasteiger charge is -2.24. The van der Waals surface area contributed by atoms with Gasteiger partial charge in [-0.2, -0.15) is 0 Å². The van der Waals surface area contributed by atoms with E-state index in [1.54, 1.807) is 23.9 Å². The highest BCUT2D eigenvalue weighted by atomic mass is 32.2. The molecule has 1 aliphatic rings. The first-order chi connectivity index (χ1) is 8.33. The first-order valence-corrected chi connectivity index (χ1v) is 6.36. The van der Waals surface area contributed by atoms with Crippen molar-refractivity contribution < 1.29 is 9.84 Å². The lowest BCUT2D eigenvalue weighted by molar-refractivity contribution is 0.0925. The minimum absolute atomic E-state index is 0.0306. The molecule has 1 heterocycles. The van der Waals surface area contributed by atoms with E-state index in [-0.39, 0.29) is 11.2 Å². The molecule has 0 saturated heterocycles. The van der Waals surface area contributed by atoms with Gasteiger partial charge in [0.25, 0.3) is 0 Å². The Hall–Kier alpha value is -1.45. The summed E-state index contributed by atoms with van der Waals surface area (Å²) in [4.78, 5) is 1.26. The number of fused-ring (bicyclic) bond motifs is 1. The third-order valence-electron chi connectivity index (χ3n) is 2.74. The van der Waals surface area contributed by atoms with E-state index in [0.717, 1.165) is 5.56 Å². The van der Waals surface area contributed by atoms with Crippen molar-refractivity contribution in [3.05, 3.63) is 59.7 Å². The van der Waals surface area contributed by atoms with Gasteiger partial charge in [0.1, 0.15) is 11.2 Å². The third kappa shape index (κ3) is 2.16. The predicted octanol–water partition coefficient (Wildman–Crippen LogP) is 3.71. The second-order valence-corrected chi connectivity index (χ2v) is 5.07. The number of phenolic OH excluding ortho intramolecular Hbond substituents is 1. The predicted molar refractivity (Wildman–Crippen MR) is 67.9 cm³/mol. The van der Waals surface area contributed by atoms with E-state index in [4.69, 9.17) is 4.74 Å². The van der Waals surface area contributed by atoms with E-state index >= 15 is 0 Å². The SMILES string of the molecule is Oc1cccc([C@@H]2OCc3ccccc3S2)c1. The summed E-state index contributed by atoms with van der Waals surface area (Å²) < 4.78 is 5.80. The van der Waals surface area contributed by atoms with Crippen LogP contribution in [0.2, 0.25) is 0 Å². The van der Waals surface area contributed by atoms with Gasteiger partial charge in [-0.25, -0.2) is 0 Å². The van der Waals surface area contributed by atoms with Crippen molar-refractivity contribution in [2.75, 3.05) is 0 Å². The van der Waals surface area contributed by atoms with Crippen LogP contribution in [-0.2, 0) is 11.3 Å². The molecule has 0 spiro atoms. The van der Waals surface area contributed by atoms with Crippen LogP contribution in [0.5, 0.6) is 5.75 Å². The number of ether oxygens (including phenoxy) is 1. The maximum atomic E-state index is 9.47. The van der Waals surface area contributed by atoms with Crippen LogP contribution in [-0.4, -0.2) is 5.11 Å². The smallest absolute Gasteiger partial charge is 0.133 e. The second-order valence-electron chi connectivity index (χ2n) is 3.96. The molecule has 2 nitrogen and oxygen atoms in total. The van der Waals surface area contributed by atoms with E-state index in [1.165, 1.54) is 10.5 Å². The van der Waals surface area contributed by atoms with E-state index < -0.39 is 0 Å². The molecule has 0 aromatic heterocycles. The van der Waals surface area contributed by atoms with Gasteiger partial charge in [0.15, 0.2) is 0 Å². The van der Waals surface area contributed by atoms with Gasteiger partial charge in [-0.05, 0) is 29.3 Å². The maximum Gasteiger partial charge on any atom is 0.133 e. The first-order valence-electron chi connectivity index (χ1n) is 5.48. The van der Waals surface area contributed by atoms with Crippen LogP contribution in [0.4, 0.5) is 0 Å². The fraction of sp³-hybridized carbons (Fsp3) is 0.143. The average Bonchev–Trinajstić information content (AvgIpc) is 2.38. The van der Waals surface area contributed by atoms with Crippen LogP contribution < -0.4 is 0 Å². The standard InChI is InChI=1S/C14H12O2S/c15-12-6-3-5-10(8-12)14-16-9-11-4-1-2-7-13(11)17-14/h1-8,14-15H,9H2/t14-/m1/s1. The van der Waals surface area contributed by atoms with Crippen molar-refractivity contribution in [1.82, 2.24) is 0 Å². The Morgan fingerprint density at radius 2 is 2.00 bits per heavy atom. The molecule has 2 aromatic carbocycles. The minimum Gasteiger partial charge on any atom is -0.508 e. The number of thioether (sulfide) groups is 1. The zero-order valence-electron chi connectivity index (χ0n) is 9.17. The van der Waals surface area contributed by atoms with Gasteiger partial charge in [-0.3, -0.25) is 0 Å². The lowest BCUT2D eigenvalue weighted by Crippen LogP contribution is -2.07. The number of aromatic hydroxyl groups is 1. The van der Waals surface area contributed by atoms with Crippen molar-refractivity contribution in [1.29, 1.82) is 0 Å². The molecule has 1 N–H and O–H groups in total. The number of hydrogen-bond acceptors (Lipinski definition) is 3. The Morgan fingerprint density at radius 1 is 1.12 bits per heavy atom. The van der Waals surface area contributed by atoms with Gasteiger partial charge in [-0.1, -0.05) is 42.1 Å². The minimum atomic E-state index is -0.0306. The zero-order valence-corrected chi connectivity index (χ0v) is 9.98. The monoisotopic (exact) mass is 244 g/mol. The van der Waals surface area contributed by atoms with Gasteiger partial charge in [0.05, 0.1) is 6.61 Å². The van der Waals surface area contributed by atoms with Gasteiger partial charge >= 0.3 is 0 Å². The van der Waals surface area contributed by atoms with Crippen molar-refractivity contribution in [3.63, 3.8) is 0 Å². The summed E-state index contributed by atoms with van der Waals surface area (Å²) in [6.07, 6.45) is 0. The Balaban J connectivity index is 1.89. The fourth-order valence-electron chi connectivity index (χ4n) is 1.89. The van der Waals surface area contributed by atoms with E-state index in [1.807, 2.05) is 24.3 Å². The summed E-state index contributed by atoms with van der Waals surface area (Å²) in [5.41, 5.74) is 2.20. The van der Waals surface area contributed by atoms with E-state index in [0.29, 0.717) is 6.61 Å². The Bertz CT molecular complexity index is 539. The van der Waals surface area contributed by atoms with Gasteiger partial charge in [-0.15, -0.1) is 0 Å². The molecule has 2 aromatic rings. The molecule has 0 radical (unpaired) electrons. The molecule has 0 aliphatic carbocycles. The van der Waals surface area contributed by atoms with Crippen LogP contribution in [0, 0.1) is 0 Å². The normalized spacial score (nSPS) is 18.7. The average molecular weight is 244 g/mol. The molecule has 0 unspecified atom stereocenters. The van der Waals surface area contributed by atoms with Gasteiger partial charge < -0.3 is 9.84 Å². The van der Waals surface area contributed by atoms with E-state index in [9.17, 15) is 5.11 Å². The lowest BCUT2D eigenvalue weighted by atomic mass is 10.2. The molecule has 86 valence electrons. The number of benzene rings is 2. The highest BCUT2D eigenvalue weighted by Crippen LogP contribution is 2.43. The van der Waals surface area contributed by atoms with Crippen LogP contribution in [0.25, 0.3) is 0 Å². The molecule has 17 heavy (non-hydrogen) atoms. The molecule has 0 bridgehead atoms. The van der Waals surface area contributed by atoms with Crippen molar-refractivity contribution in [3.8, 4) is 5.75 Å². The van der Waals surface area contributed by atoms with Crippen molar-refractivity contribution in [2.24, 2.45) is 0 Å². The van der Waals surface area contributed by atoms with Crippen LogP contribution in [0.1, 0.15) is 16.6 Å². The highest BCUT2D eigenvalue weighted by molar-refractivity contribution is 7.99. The number of phenols is 1. The maximum absolute atomic E-state index is 9.47. The quantitative estimate of drug-likeness (QED) is 0.829. The first kappa shape index (κ1) is 10.7. The van der Waals surface area contributed by atoms with Crippen molar-refractivity contribution >= 4 is 11.8 Å². The largest absolute Gasteiger partial charge is 0.508 e. The highest BCUT2D eigenvalue weighted by Gasteiger charge is 2.21. The number of rotatable bonds is 1. The fourth-order valence-corrected chi connectivity index (χ4v) is 2.97. The van der Waals surface area contributed by atoms with E-state index in [2.05, 4.69) is 12.1 Å².